The highest BCUT2D eigenvalue weighted by Crippen LogP contribution is 2.32. The Morgan fingerprint density at radius 1 is 1.13 bits per heavy atom. The lowest BCUT2D eigenvalue weighted by atomic mass is 9.87. The van der Waals surface area contributed by atoms with Crippen LogP contribution in [0.25, 0.3) is 0 Å². The highest BCUT2D eigenvalue weighted by molar-refractivity contribution is 6.10. The normalized spacial score (nSPS) is 18.2. The number of carbonyl (C=O) groups excluding carboxylic acids is 4. The molecule has 0 unspecified atom stereocenters. The zero-order valence-electron chi connectivity index (χ0n) is 17.0. The van der Waals surface area contributed by atoms with E-state index in [2.05, 4.69) is 10.6 Å². The van der Waals surface area contributed by atoms with Gasteiger partial charge in [0.15, 0.2) is 0 Å². The number of aryl methyl sites for hydroxylation is 1. The van der Waals surface area contributed by atoms with E-state index in [1.54, 1.807) is 50.2 Å². The molecule has 8 heteroatoms. The maximum Gasteiger partial charge on any atom is 0.337 e. The van der Waals surface area contributed by atoms with Crippen LogP contribution < -0.4 is 10.6 Å². The molecule has 4 amide bonds. The zero-order valence-corrected chi connectivity index (χ0v) is 17.0. The van der Waals surface area contributed by atoms with Crippen LogP contribution >= 0.6 is 0 Å². The monoisotopic (exact) mass is 409 g/mol. The molecule has 0 aromatic heterocycles. The Morgan fingerprint density at radius 2 is 1.83 bits per heavy atom. The van der Waals surface area contributed by atoms with Crippen molar-refractivity contribution in [2.75, 3.05) is 19.0 Å². The SMILES string of the molecule is CC[C@@]1(c2ccccc2)NC(=O)N(CC(=O)Nc2cc(C(=O)OC)ccc2C)C1=O. The molecular weight excluding hydrogens is 386 g/mol. The highest BCUT2D eigenvalue weighted by atomic mass is 16.5. The van der Waals surface area contributed by atoms with Crippen molar-refractivity contribution in [3.05, 3.63) is 65.2 Å². The van der Waals surface area contributed by atoms with E-state index in [9.17, 15) is 19.2 Å². The smallest absolute Gasteiger partial charge is 0.337 e. The summed E-state index contributed by atoms with van der Waals surface area (Å²) in [6.07, 6.45) is 0.347. The number of anilines is 1. The first-order chi connectivity index (χ1) is 14.3. The van der Waals surface area contributed by atoms with Gasteiger partial charge in [-0.05, 0) is 36.6 Å². The summed E-state index contributed by atoms with van der Waals surface area (Å²) >= 11 is 0. The number of benzene rings is 2. The molecule has 30 heavy (non-hydrogen) atoms. The molecule has 0 bridgehead atoms. The van der Waals surface area contributed by atoms with Gasteiger partial charge in [-0.15, -0.1) is 0 Å². The number of hydrogen-bond donors (Lipinski definition) is 2. The molecule has 0 saturated carbocycles. The molecule has 2 aromatic rings. The van der Waals surface area contributed by atoms with Crippen LogP contribution in [0.3, 0.4) is 0 Å². The van der Waals surface area contributed by atoms with Crippen molar-refractivity contribution < 1.29 is 23.9 Å². The number of amides is 4. The number of rotatable bonds is 6. The molecule has 156 valence electrons. The summed E-state index contributed by atoms with van der Waals surface area (Å²) < 4.78 is 4.69. The Kier molecular flexibility index (Phi) is 5.86. The zero-order chi connectivity index (χ0) is 21.9. The van der Waals surface area contributed by atoms with Gasteiger partial charge in [-0.2, -0.15) is 0 Å². The van der Waals surface area contributed by atoms with Gasteiger partial charge in [0.2, 0.25) is 5.91 Å². The number of nitrogens with zero attached hydrogens (tertiary/aromatic N) is 1. The molecule has 1 heterocycles. The molecule has 0 aliphatic carbocycles. The van der Waals surface area contributed by atoms with Crippen molar-refractivity contribution in [3.63, 3.8) is 0 Å². The first-order valence-corrected chi connectivity index (χ1v) is 9.51. The van der Waals surface area contributed by atoms with Crippen molar-refractivity contribution in [1.82, 2.24) is 10.2 Å². The summed E-state index contributed by atoms with van der Waals surface area (Å²) in [5, 5.41) is 5.40. The largest absolute Gasteiger partial charge is 0.465 e. The maximum absolute atomic E-state index is 13.1. The van der Waals surface area contributed by atoms with Gasteiger partial charge in [0.05, 0.1) is 12.7 Å². The third kappa shape index (κ3) is 3.76. The first-order valence-electron chi connectivity index (χ1n) is 9.51. The summed E-state index contributed by atoms with van der Waals surface area (Å²) in [7, 11) is 1.27. The lowest BCUT2D eigenvalue weighted by molar-refractivity contribution is -0.134. The van der Waals surface area contributed by atoms with Gasteiger partial charge in [0.25, 0.3) is 5.91 Å². The average molecular weight is 409 g/mol. The van der Waals surface area contributed by atoms with E-state index in [4.69, 9.17) is 4.74 Å². The molecule has 8 nitrogen and oxygen atoms in total. The quantitative estimate of drug-likeness (QED) is 0.564. The number of urea groups is 1. The predicted molar refractivity (Wildman–Crippen MR) is 110 cm³/mol. The molecule has 1 aliphatic heterocycles. The third-order valence-corrected chi connectivity index (χ3v) is 5.21. The molecule has 1 fully saturated rings. The van der Waals surface area contributed by atoms with Crippen molar-refractivity contribution in [3.8, 4) is 0 Å². The number of nitrogens with one attached hydrogen (secondary N) is 2. The molecule has 1 saturated heterocycles. The Balaban J connectivity index is 1.78. The number of hydrogen-bond acceptors (Lipinski definition) is 5. The van der Waals surface area contributed by atoms with E-state index in [0.29, 0.717) is 17.7 Å². The average Bonchev–Trinajstić information content (AvgIpc) is 3.00. The van der Waals surface area contributed by atoms with E-state index < -0.39 is 35.9 Å². The van der Waals surface area contributed by atoms with Gasteiger partial charge < -0.3 is 15.4 Å². The van der Waals surface area contributed by atoms with Crippen LogP contribution in [-0.4, -0.2) is 42.4 Å². The van der Waals surface area contributed by atoms with Crippen LogP contribution in [0.2, 0.25) is 0 Å². The summed E-state index contributed by atoms with van der Waals surface area (Å²) in [5.74, 6) is -1.56. The lowest BCUT2D eigenvalue weighted by Crippen LogP contribution is -2.44. The first kappa shape index (κ1) is 21.0. The van der Waals surface area contributed by atoms with Crippen LogP contribution in [0.5, 0.6) is 0 Å². The van der Waals surface area contributed by atoms with Crippen LogP contribution in [0.1, 0.15) is 34.8 Å². The molecule has 2 N–H and O–H groups in total. The minimum Gasteiger partial charge on any atom is -0.465 e. The number of ether oxygens (including phenoxy) is 1. The predicted octanol–water partition coefficient (Wildman–Crippen LogP) is 2.58. The van der Waals surface area contributed by atoms with Gasteiger partial charge in [-0.1, -0.05) is 43.3 Å². The van der Waals surface area contributed by atoms with E-state index >= 15 is 0 Å². The fourth-order valence-corrected chi connectivity index (χ4v) is 3.47. The Labute approximate surface area is 174 Å². The Bertz CT molecular complexity index is 1010. The topological polar surface area (TPSA) is 105 Å². The summed E-state index contributed by atoms with van der Waals surface area (Å²) in [6, 6.07) is 13.1. The summed E-state index contributed by atoms with van der Waals surface area (Å²) in [5.41, 5.74) is 0.873. The second-order valence-electron chi connectivity index (χ2n) is 7.02. The number of methoxy groups -OCH3 is 1. The molecular formula is C22H23N3O5. The second-order valence-corrected chi connectivity index (χ2v) is 7.02. The molecule has 1 aliphatic rings. The van der Waals surface area contributed by atoms with E-state index in [0.717, 1.165) is 10.5 Å². The number of esters is 1. The minimum absolute atomic E-state index is 0.280. The summed E-state index contributed by atoms with van der Waals surface area (Å²) in [6.45, 7) is 3.12. The molecule has 0 spiro atoms. The Hall–Kier alpha value is -3.68. The fraction of sp³-hybridized carbons (Fsp3) is 0.273. The van der Waals surface area contributed by atoms with Crippen molar-refractivity contribution in [1.29, 1.82) is 0 Å². The highest BCUT2D eigenvalue weighted by Gasteiger charge is 2.51. The molecule has 0 radical (unpaired) electrons. The van der Waals surface area contributed by atoms with Crippen molar-refractivity contribution >= 4 is 29.5 Å². The van der Waals surface area contributed by atoms with Gasteiger partial charge in [-0.25, -0.2) is 9.59 Å². The van der Waals surface area contributed by atoms with E-state index in [1.165, 1.54) is 13.2 Å². The van der Waals surface area contributed by atoms with Gasteiger partial charge >= 0.3 is 12.0 Å². The number of carbonyl (C=O) groups is 4. The summed E-state index contributed by atoms with van der Waals surface area (Å²) in [4.78, 5) is 50.9. The van der Waals surface area contributed by atoms with Gasteiger partial charge in [0.1, 0.15) is 12.1 Å². The van der Waals surface area contributed by atoms with Gasteiger partial charge in [0, 0.05) is 5.69 Å². The maximum atomic E-state index is 13.1. The standard InChI is InChI=1S/C22H23N3O5/c1-4-22(16-8-6-5-7-9-16)20(28)25(21(29)24-22)13-18(26)23-17-12-15(19(27)30-3)11-10-14(17)2/h5-12H,4,13H2,1-3H3,(H,23,26)(H,24,29)/t22-/m0/s1. The van der Waals surface area contributed by atoms with Gasteiger partial charge in [-0.3, -0.25) is 14.5 Å². The molecule has 1 atom stereocenters. The van der Waals surface area contributed by atoms with E-state index in [-0.39, 0.29) is 5.56 Å². The third-order valence-electron chi connectivity index (χ3n) is 5.21. The molecule has 3 rings (SSSR count). The van der Waals surface area contributed by atoms with Crippen molar-refractivity contribution in [2.45, 2.75) is 25.8 Å². The van der Waals surface area contributed by atoms with Crippen LogP contribution in [0, 0.1) is 6.92 Å². The van der Waals surface area contributed by atoms with Crippen LogP contribution in [-0.2, 0) is 19.9 Å². The van der Waals surface area contributed by atoms with E-state index in [1.807, 2.05) is 6.07 Å². The Morgan fingerprint density at radius 3 is 2.47 bits per heavy atom. The minimum atomic E-state index is -1.20. The van der Waals surface area contributed by atoms with Crippen LogP contribution in [0.4, 0.5) is 10.5 Å². The second kappa shape index (κ2) is 8.36. The van der Waals surface area contributed by atoms with Crippen molar-refractivity contribution in [2.24, 2.45) is 0 Å². The number of imide groups is 1. The fourth-order valence-electron chi connectivity index (χ4n) is 3.47. The molecule has 2 aromatic carbocycles. The lowest BCUT2D eigenvalue weighted by Gasteiger charge is -2.25. The van der Waals surface area contributed by atoms with Crippen LogP contribution in [0.15, 0.2) is 48.5 Å².